The highest BCUT2D eigenvalue weighted by molar-refractivity contribution is 5.98. The summed E-state index contributed by atoms with van der Waals surface area (Å²) in [4.78, 5) is 14.2. The van der Waals surface area contributed by atoms with Crippen molar-refractivity contribution < 1.29 is 9.53 Å². The molecule has 0 aliphatic heterocycles. The number of nitrogens with two attached hydrogens (primary N) is 1. The summed E-state index contributed by atoms with van der Waals surface area (Å²) in [5.41, 5.74) is 7.70. The normalized spacial score (nSPS) is 15.4. The number of hydrogen-bond acceptors (Lipinski definition) is 5. The van der Waals surface area contributed by atoms with E-state index in [9.17, 15) is 4.79 Å². The van der Waals surface area contributed by atoms with Gasteiger partial charge in [-0.2, -0.15) is 0 Å². The van der Waals surface area contributed by atoms with E-state index in [0.717, 1.165) is 13.1 Å². The second kappa shape index (κ2) is 7.31. The lowest BCUT2D eigenvalue weighted by Gasteiger charge is -2.24. The molecule has 0 bridgehead atoms. The topological polar surface area (TPSA) is 67.6 Å². The van der Waals surface area contributed by atoms with Crippen molar-refractivity contribution in [1.29, 1.82) is 0 Å². The second-order valence-corrected chi connectivity index (χ2v) is 5.61. The van der Waals surface area contributed by atoms with Crippen molar-refractivity contribution in [3.05, 3.63) is 23.8 Å². The molecule has 0 heterocycles. The molecule has 1 aliphatic carbocycles. The fourth-order valence-corrected chi connectivity index (χ4v) is 2.93. The van der Waals surface area contributed by atoms with Crippen molar-refractivity contribution in [2.24, 2.45) is 0 Å². The van der Waals surface area contributed by atoms with E-state index in [1.54, 1.807) is 18.2 Å². The Balaban J connectivity index is 1.94. The largest absolute Gasteiger partial charge is 0.465 e. The molecular formula is C16H25N3O2. The van der Waals surface area contributed by atoms with Gasteiger partial charge in [-0.25, -0.2) is 4.79 Å². The standard InChI is InChI=1S/C16H25N3O2/c1-19(12-6-3-4-7-12)11-10-18-15-13(16(20)21-2)8-5-9-14(15)17/h5,8-9,12,18H,3-4,6-7,10-11,17H2,1-2H3. The third kappa shape index (κ3) is 3.88. The molecule has 0 unspecified atom stereocenters. The molecule has 3 N–H and O–H groups in total. The average Bonchev–Trinajstić information content (AvgIpc) is 3.02. The summed E-state index contributed by atoms with van der Waals surface area (Å²) in [5, 5.41) is 3.28. The van der Waals surface area contributed by atoms with Gasteiger partial charge in [-0.1, -0.05) is 18.9 Å². The Morgan fingerprint density at radius 3 is 2.81 bits per heavy atom. The zero-order valence-corrected chi connectivity index (χ0v) is 12.9. The summed E-state index contributed by atoms with van der Waals surface area (Å²) in [5.74, 6) is -0.367. The van der Waals surface area contributed by atoms with E-state index in [0.29, 0.717) is 23.0 Å². The molecule has 2 rings (SSSR count). The second-order valence-electron chi connectivity index (χ2n) is 5.61. The van der Waals surface area contributed by atoms with Crippen molar-refractivity contribution in [2.45, 2.75) is 31.7 Å². The molecule has 0 amide bonds. The van der Waals surface area contributed by atoms with E-state index in [2.05, 4.69) is 17.3 Å². The third-order valence-corrected chi connectivity index (χ3v) is 4.22. The Morgan fingerprint density at radius 1 is 1.43 bits per heavy atom. The van der Waals surface area contributed by atoms with E-state index >= 15 is 0 Å². The van der Waals surface area contributed by atoms with Crippen LogP contribution >= 0.6 is 0 Å². The van der Waals surface area contributed by atoms with Crippen molar-refractivity contribution in [2.75, 3.05) is 38.3 Å². The lowest BCUT2D eigenvalue weighted by Crippen LogP contribution is -2.33. The monoisotopic (exact) mass is 291 g/mol. The van der Waals surface area contributed by atoms with Crippen LogP contribution in [-0.4, -0.2) is 44.2 Å². The van der Waals surface area contributed by atoms with Gasteiger partial charge in [0.05, 0.1) is 24.0 Å². The molecule has 0 aromatic heterocycles. The minimum Gasteiger partial charge on any atom is -0.465 e. The molecule has 1 aromatic rings. The van der Waals surface area contributed by atoms with Gasteiger partial charge in [0, 0.05) is 19.1 Å². The smallest absolute Gasteiger partial charge is 0.340 e. The minimum atomic E-state index is -0.367. The molecule has 1 fully saturated rings. The van der Waals surface area contributed by atoms with Crippen molar-refractivity contribution >= 4 is 17.3 Å². The highest BCUT2D eigenvalue weighted by Crippen LogP contribution is 2.25. The van der Waals surface area contributed by atoms with E-state index < -0.39 is 0 Å². The van der Waals surface area contributed by atoms with E-state index in [1.807, 2.05) is 0 Å². The fraction of sp³-hybridized carbons (Fsp3) is 0.562. The molecule has 5 heteroatoms. The van der Waals surface area contributed by atoms with Gasteiger partial charge in [-0.15, -0.1) is 0 Å². The summed E-state index contributed by atoms with van der Waals surface area (Å²) in [6.07, 6.45) is 5.25. The van der Waals surface area contributed by atoms with E-state index in [1.165, 1.54) is 32.8 Å². The maximum atomic E-state index is 11.8. The predicted molar refractivity (Wildman–Crippen MR) is 85.6 cm³/mol. The van der Waals surface area contributed by atoms with Crippen LogP contribution in [0.2, 0.25) is 0 Å². The number of anilines is 2. The van der Waals surface area contributed by atoms with Crippen LogP contribution < -0.4 is 11.1 Å². The van der Waals surface area contributed by atoms with Crippen LogP contribution in [0.15, 0.2) is 18.2 Å². The third-order valence-electron chi connectivity index (χ3n) is 4.22. The number of carbonyl (C=O) groups excluding carboxylic acids is 1. The van der Waals surface area contributed by atoms with Gasteiger partial charge in [0.2, 0.25) is 0 Å². The molecule has 1 aromatic carbocycles. The maximum absolute atomic E-state index is 11.8. The number of para-hydroxylation sites is 1. The minimum absolute atomic E-state index is 0.367. The summed E-state index contributed by atoms with van der Waals surface area (Å²) in [7, 11) is 3.54. The first kappa shape index (κ1) is 15.6. The lowest BCUT2D eigenvalue weighted by molar-refractivity contribution is 0.0602. The predicted octanol–water partition coefficient (Wildman–Crippen LogP) is 2.34. The number of benzene rings is 1. The number of likely N-dealkylation sites (N-methyl/N-ethyl adjacent to an activating group) is 1. The fourth-order valence-electron chi connectivity index (χ4n) is 2.93. The summed E-state index contributed by atoms with van der Waals surface area (Å²) in [6.45, 7) is 1.69. The van der Waals surface area contributed by atoms with Crippen LogP contribution in [-0.2, 0) is 4.74 Å². The van der Waals surface area contributed by atoms with Crippen molar-refractivity contribution in [1.82, 2.24) is 4.90 Å². The molecule has 1 saturated carbocycles. The Hall–Kier alpha value is -1.75. The quantitative estimate of drug-likeness (QED) is 0.622. The van der Waals surface area contributed by atoms with Crippen molar-refractivity contribution in [3.63, 3.8) is 0 Å². The van der Waals surface area contributed by atoms with E-state index in [4.69, 9.17) is 10.5 Å². The number of rotatable bonds is 6. The zero-order valence-electron chi connectivity index (χ0n) is 12.9. The van der Waals surface area contributed by atoms with Gasteiger partial charge in [-0.3, -0.25) is 0 Å². The summed E-state index contributed by atoms with van der Waals surface area (Å²) in [6, 6.07) is 5.97. The van der Waals surface area contributed by atoms with Crippen molar-refractivity contribution in [3.8, 4) is 0 Å². The van der Waals surface area contributed by atoms with Gasteiger partial charge < -0.3 is 20.7 Å². The number of nitrogen functional groups attached to an aromatic ring is 1. The van der Waals surface area contributed by atoms with Gasteiger partial charge in [0.1, 0.15) is 0 Å². The van der Waals surface area contributed by atoms with Gasteiger partial charge in [-0.05, 0) is 32.0 Å². The van der Waals surface area contributed by atoms with Crippen LogP contribution in [0.1, 0.15) is 36.0 Å². The first-order valence-corrected chi connectivity index (χ1v) is 7.54. The molecule has 0 spiro atoms. The van der Waals surface area contributed by atoms with Crippen LogP contribution in [0, 0.1) is 0 Å². The number of methoxy groups -OCH3 is 1. The number of ether oxygens (including phenoxy) is 1. The SMILES string of the molecule is COC(=O)c1cccc(N)c1NCCN(C)C1CCCC1. The molecular weight excluding hydrogens is 266 g/mol. The van der Waals surface area contributed by atoms with Gasteiger partial charge in [0.15, 0.2) is 0 Å². The van der Waals surface area contributed by atoms with Crippen LogP contribution in [0.25, 0.3) is 0 Å². The number of carbonyl (C=O) groups is 1. The maximum Gasteiger partial charge on any atom is 0.340 e. The number of esters is 1. The number of nitrogens with zero attached hydrogens (tertiary/aromatic N) is 1. The highest BCUT2D eigenvalue weighted by Gasteiger charge is 2.19. The highest BCUT2D eigenvalue weighted by atomic mass is 16.5. The molecule has 1 aliphatic rings. The van der Waals surface area contributed by atoms with Gasteiger partial charge >= 0.3 is 5.97 Å². The van der Waals surface area contributed by atoms with E-state index in [-0.39, 0.29) is 5.97 Å². The van der Waals surface area contributed by atoms with Gasteiger partial charge in [0.25, 0.3) is 0 Å². The van der Waals surface area contributed by atoms with Crippen LogP contribution in [0.3, 0.4) is 0 Å². The lowest BCUT2D eigenvalue weighted by atomic mass is 10.1. The number of nitrogens with one attached hydrogen (secondary N) is 1. The Kier molecular flexibility index (Phi) is 5.44. The summed E-state index contributed by atoms with van der Waals surface area (Å²) < 4.78 is 4.80. The average molecular weight is 291 g/mol. The summed E-state index contributed by atoms with van der Waals surface area (Å²) >= 11 is 0. The Bertz CT molecular complexity index is 484. The first-order valence-electron chi connectivity index (χ1n) is 7.54. The Morgan fingerprint density at radius 2 is 2.14 bits per heavy atom. The molecule has 0 saturated heterocycles. The molecule has 0 atom stereocenters. The first-order chi connectivity index (χ1) is 10.1. The molecule has 116 valence electrons. The molecule has 5 nitrogen and oxygen atoms in total. The van der Waals surface area contributed by atoms with Crippen LogP contribution in [0.5, 0.6) is 0 Å². The Labute approximate surface area is 126 Å². The molecule has 21 heavy (non-hydrogen) atoms. The van der Waals surface area contributed by atoms with Crippen LogP contribution in [0.4, 0.5) is 11.4 Å². The molecule has 0 radical (unpaired) electrons. The zero-order chi connectivity index (χ0) is 15.2. The number of hydrogen-bond donors (Lipinski definition) is 2.